The maximum atomic E-state index is 12.4. The van der Waals surface area contributed by atoms with Gasteiger partial charge in [0.15, 0.2) is 17.2 Å². The normalized spacial score (nSPS) is 14.5. The van der Waals surface area contributed by atoms with Gasteiger partial charge in [-0.15, -0.1) is 0 Å². The largest absolute Gasteiger partial charge is 0.493 e. The van der Waals surface area contributed by atoms with Crippen LogP contribution in [0.1, 0.15) is 47.8 Å². The lowest BCUT2D eigenvalue weighted by atomic mass is 9.87. The molecule has 0 saturated carbocycles. The van der Waals surface area contributed by atoms with E-state index in [0.717, 1.165) is 5.56 Å². The van der Waals surface area contributed by atoms with Crippen molar-refractivity contribution < 1.29 is 23.8 Å². The van der Waals surface area contributed by atoms with Crippen LogP contribution in [0.2, 0.25) is 5.02 Å². The molecule has 0 amide bonds. The summed E-state index contributed by atoms with van der Waals surface area (Å²) in [6.07, 6.45) is 1.59. The number of esters is 2. The average Bonchev–Trinajstić information content (AvgIpc) is 3.20. The van der Waals surface area contributed by atoms with Crippen molar-refractivity contribution in [3.05, 3.63) is 99.7 Å². The molecule has 0 unspecified atom stereocenters. The summed E-state index contributed by atoms with van der Waals surface area (Å²) in [5.41, 5.74) is 3.06. The fourth-order valence-corrected chi connectivity index (χ4v) is 3.53. The fourth-order valence-electron chi connectivity index (χ4n) is 3.41. The zero-order chi connectivity index (χ0) is 25.2. The van der Waals surface area contributed by atoms with Gasteiger partial charge in [0.25, 0.3) is 0 Å². The fraction of sp³-hybridized carbons (Fsp3) is 0.179. The first-order valence-electron chi connectivity index (χ1n) is 10.9. The Hall–Kier alpha value is -3.90. The van der Waals surface area contributed by atoms with E-state index in [4.69, 9.17) is 25.8 Å². The standard InChI is InChI=1S/C28H24ClNO5/c1-28(2,3)20-10-6-18(7-11-20)25-30-22(27(32)35-25)15-17-5-14-23(24(16-17)33-4)34-26(31)19-8-12-21(29)13-9-19/h5-16H,1-4H3/b22-15+. The Balaban J connectivity index is 1.54. The summed E-state index contributed by atoms with van der Waals surface area (Å²) in [5, 5.41) is 0.523. The van der Waals surface area contributed by atoms with Crippen molar-refractivity contribution >= 4 is 35.5 Å². The van der Waals surface area contributed by atoms with Crippen molar-refractivity contribution in [2.45, 2.75) is 26.2 Å². The Kier molecular flexibility index (Phi) is 6.76. The Morgan fingerprint density at radius 2 is 1.66 bits per heavy atom. The van der Waals surface area contributed by atoms with E-state index >= 15 is 0 Å². The van der Waals surface area contributed by atoms with E-state index in [1.165, 1.54) is 12.7 Å². The van der Waals surface area contributed by atoms with Gasteiger partial charge in [0.05, 0.1) is 12.7 Å². The minimum absolute atomic E-state index is 0.0200. The third-order valence-corrected chi connectivity index (χ3v) is 5.64. The molecule has 4 rings (SSSR count). The van der Waals surface area contributed by atoms with Gasteiger partial charge in [-0.1, -0.05) is 50.6 Å². The zero-order valence-corrected chi connectivity index (χ0v) is 20.6. The highest BCUT2D eigenvalue weighted by molar-refractivity contribution is 6.30. The zero-order valence-electron chi connectivity index (χ0n) is 19.8. The molecule has 3 aromatic carbocycles. The molecule has 6 nitrogen and oxygen atoms in total. The summed E-state index contributed by atoms with van der Waals surface area (Å²) in [5.74, 6) is -0.266. The first-order chi connectivity index (χ1) is 16.6. The molecular formula is C28H24ClNO5. The third-order valence-electron chi connectivity index (χ3n) is 5.39. The molecule has 0 aliphatic carbocycles. The van der Waals surface area contributed by atoms with Crippen LogP contribution < -0.4 is 9.47 Å². The number of rotatable bonds is 5. The van der Waals surface area contributed by atoms with Gasteiger partial charge in [-0.3, -0.25) is 0 Å². The van der Waals surface area contributed by atoms with Crippen LogP contribution in [-0.4, -0.2) is 24.9 Å². The monoisotopic (exact) mass is 489 g/mol. The van der Waals surface area contributed by atoms with Gasteiger partial charge in [-0.05, 0) is 71.1 Å². The molecule has 7 heteroatoms. The second-order valence-electron chi connectivity index (χ2n) is 8.97. The quantitative estimate of drug-likeness (QED) is 0.242. The summed E-state index contributed by atoms with van der Waals surface area (Å²) in [4.78, 5) is 29.2. The van der Waals surface area contributed by atoms with Gasteiger partial charge in [0.1, 0.15) is 0 Å². The predicted molar refractivity (Wildman–Crippen MR) is 135 cm³/mol. The molecule has 35 heavy (non-hydrogen) atoms. The Morgan fingerprint density at radius 1 is 0.971 bits per heavy atom. The lowest BCUT2D eigenvalue weighted by molar-refractivity contribution is -0.129. The van der Waals surface area contributed by atoms with Crippen LogP contribution in [0.3, 0.4) is 0 Å². The Morgan fingerprint density at radius 3 is 2.29 bits per heavy atom. The van der Waals surface area contributed by atoms with Crippen molar-refractivity contribution in [2.75, 3.05) is 7.11 Å². The van der Waals surface area contributed by atoms with Crippen LogP contribution in [0, 0.1) is 0 Å². The van der Waals surface area contributed by atoms with Crippen LogP contribution in [-0.2, 0) is 14.9 Å². The molecular weight excluding hydrogens is 466 g/mol. The number of carbonyl (C=O) groups is 2. The van der Waals surface area contributed by atoms with Crippen LogP contribution in [0.4, 0.5) is 0 Å². The van der Waals surface area contributed by atoms with Crippen molar-refractivity contribution in [1.82, 2.24) is 0 Å². The van der Waals surface area contributed by atoms with E-state index in [-0.39, 0.29) is 22.8 Å². The molecule has 0 N–H and O–H groups in total. The molecule has 0 saturated heterocycles. The lowest BCUT2D eigenvalue weighted by Crippen LogP contribution is -2.11. The molecule has 3 aromatic rings. The van der Waals surface area contributed by atoms with Crippen LogP contribution >= 0.6 is 11.6 Å². The molecule has 1 aliphatic rings. The second kappa shape index (κ2) is 9.76. The van der Waals surface area contributed by atoms with Crippen LogP contribution in [0.15, 0.2) is 77.4 Å². The van der Waals surface area contributed by atoms with E-state index in [0.29, 0.717) is 21.9 Å². The van der Waals surface area contributed by atoms with Gasteiger partial charge < -0.3 is 14.2 Å². The minimum Gasteiger partial charge on any atom is -0.493 e. The minimum atomic E-state index is -0.544. The third kappa shape index (κ3) is 5.61. The van der Waals surface area contributed by atoms with E-state index in [2.05, 4.69) is 25.8 Å². The number of ether oxygens (including phenoxy) is 3. The summed E-state index contributed by atoms with van der Waals surface area (Å²) in [7, 11) is 1.47. The van der Waals surface area contributed by atoms with Crippen LogP contribution in [0.5, 0.6) is 11.5 Å². The molecule has 0 fully saturated rings. The number of aliphatic imine (C=N–C) groups is 1. The van der Waals surface area contributed by atoms with Crippen molar-refractivity contribution in [2.24, 2.45) is 4.99 Å². The van der Waals surface area contributed by atoms with Crippen molar-refractivity contribution in [3.63, 3.8) is 0 Å². The molecule has 0 atom stereocenters. The molecule has 1 heterocycles. The highest BCUT2D eigenvalue weighted by Gasteiger charge is 2.25. The maximum Gasteiger partial charge on any atom is 0.363 e. The summed E-state index contributed by atoms with van der Waals surface area (Å²) in [6.45, 7) is 6.40. The number of carbonyl (C=O) groups excluding carboxylic acids is 2. The van der Waals surface area contributed by atoms with Gasteiger partial charge >= 0.3 is 11.9 Å². The molecule has 0 aromatic heterocycles. The van der Waals surface area contributed by atoms with E-state index in [1.807, 2.05) is 24.3 Å². The smallest absolute Gasteiger partial charge is 0.363 e. The van der Waals surface area contributed by atoms with Crippen molar-refractivity contribution in [1.29, 1.82) is 0 Å². The number of methoxy groups -OCH3 is 1. The van der Waals surface area contributed by atoms with Gasteiger partial charge in [-0.2, -0.15) is 0 Å². The SMILES string of the molecule is COc1cc(/C=C2/N=C(c3ccc(C(C)(C)C)cc3)OC2=O)ccc1OC(=O)c1ccc(Cl)cc1. The molecule has 0 bridgehead atoms. The van der Waals surface area contributed by atoms with Crippen molar-refractivity contribution in [3.8, 4) is 11.5 Å². The summed E-state index contributed by atoms with van der Waals surface area (Å²) in [6, 6.07) is 19.1. The van der Waals surface area contributed by atoms with Gasteiger partial charge in [0.2, 0.25) is 5.90 Å². The molecule has 0 radical (unpaired) electrons. The highest BCUT2D eigenvalue weighted by atomic mass is 35.5. The lowest BCUT2D eigenvalue weighted by Gasteiger charge is -2.18. The summed E-state index contributed by atoms with van der Waals surface area (Å²) < 4.78 is 16.2. The molecule has 178 valence electrons. The molecule has 0 spiro atoms. The van der Waals surface area contributed by atoms with Gasteiger partial charge in [0, 0.05) is 10.6 Å². The van der Waals surface area contributed by atoms with Gasteiger partial charge in [-0.25, -0.2) is 14.6 Å². The number of hydrogen-bond acceptors (Lipinski definition) is 6. The van der Waals surface area contributed by atoms with E-state index in [9.17, 15) is 9.59 Å². The molecule has 1 aliphatic heterocycles. The topological polar surface area (TPSA) is 74.2 Å². The number of halogens is 1. The summed E-state index contributed by atoms with van der Waals surface area (Å²) >= 11 is 5.87. The second-order valence-corrected chi connectivity index (χ2v) is 9.41. The van der Waals surface area contributed by atoms with E-state index in [1.54, 1.807) is 48.5 Å². The predicted octanol–water partition coefficient (Wildman–Crippen LogP) is 6.21. The average molecular weight is 490 g/mol. The van der Waals surface area contributed by atoms with Crippen LogP contribution in [0.25, 0.3) is 6.08 Å². The highest BCUT2D eigenvalue weighted by Crippen LogP contribution is 2.31. The number of nitrogens with zero attached hydrogens (tertiary/aromatic N) is 1. The Bertz CT molecular complexity index is 1330. The maximum absolute atomic E-state index is 12.4. The van der Waals surface area contributed by atoms with E-state index < -0.39 is 11.9 Å². The Labute approximate surface area is 208 Å². The first kappa shape index (κ1) is 24.2. The number of cyclic esters (lactones) is 1. The first-order valence-corrected chi connectivity index (χ1v) is 11.3. The number of hydrogen-bond donors (Lipinski definition) is 0. The number of benzene rings is 3.